The van der Waals surface area contributed by atoms with Gasteiger partial charge in [-0.25, -0.2) is 0 Å². The number of hydrogen-bond donors (Lipinski definition) is 2. The van der Waals surface area contributed by atoms with E-state index in [2.05, 4.69) is 19.2 Å². The molecule has 3 N–H and O–H groups in total. The van der Waals surface area contributed by atoms with Gasteiger partial charge in [-0.15, -0.1) is 0 Å². The van der Waals surface area contributed by atoms with Crippen LogP contribution in [0.1, 0.15) is 33.1 Å². The highest BCUT2D eigenvalue weighted by Crippen LogP contribution is 2.28. The van der Waals surface area contributed by atoms with Gasteiger partial charge in [0.1, 0.15) is 5.75 Å². The van der Waals surface area contributed by atoms with E-state index < -0.39 is 0 Å². The van der Waals surface area contributed by atoms with Crippen LogP contribution in [0.15, 0.2) is 18.2 Å². The van der Waals surface area contributed by atoms with Crippen molar-refractivity contribution in [3.05, 3.63) is 18.2 Å². The minimum absolute atomic E-state index is 0.0498. The number of anilines is 2. The van der Waals surface area contributed by atoms with Crippen molar-refractivity contribution in [3.8, 4) is 5.75 Å². The van der Waals surface area contributed by atoms with Gasteiger partial charge in [0.2, 0.25) is 0 Å². The molecule has 1 fully saturated rings. The zero-order chi connectivity index (χ0) is 13.7. The predicted octanol–water partition coefficient (Wildman–Crippen LogP) is 3.04. The normalized spacial score (nSPS) is 22.4. The van der Waals surface area contributed by atoms with Crippen molar-refractivity contribution in [3.63, 3.8) is 0 Å². The summed E-state index contributed by atoms with van der Waals surface area (Å²) in [6.45, 7) is 6.60. The van der Waals surface area contributed by atoms with Gasteiger partial charge in [-0.3, -0.25) is 0 Å². The SMILES string of the molecule is CCCOc1cc(NCC2(C)CCCO2)ccc1N. The number of nitrogens with one attached hydrogen (secondary N) is 1. The van der Waals surface area contributed by atoms with Crippen molar-refractivity contribution in [1.29, 1.82) is 0 Å². The largest absolute Gasteiger partial charge is 0.491 e. The zero-order valence-corrected chi connectivity index (χ0v) is 11.9. The summed E-state index contributed by atoms with van der Waals surface area (Å²) >= 11 is 0. The molecule has 1 aliphatic rings. The summed E-state index contributed by atoms with van der Waals surface area (Å²) in [5.41, 5.74) is 7.56. The van der Waals surface area contributed by atoms with Crippen LogP contribution >= 0.6 is 0 Å². The molecular weight excluding hydrogens is 240 g/mol. The monoisotopic (exact) mass is 264 g/mol. The third-order valence-corrected chi connectivity index (χ3v) is 3.44. The highest BCUT2D eigenvalue weighted by molar-refractivity contribution is 5.61. The van der Waals surface area contributed by atoms with Crippen molar-refractivity contribution < 1.29 is 9.47 Å². The van der Waals surface area contributed by atoms with E-state index in [0.29, 0.717) is 12.3 Å². The maximum absolute atomic E-state index is 5.90. The first-order chi connectivity index (χ1) is 9.13. The summed E-state index contributed by atoms with van der Waals surface area (Å²) in [6, 6.07) is 5.82. The molecular formula is C15H24N2O2. The smallest absolute Gasteiger partial charge is 0.144 e. The molecule has 0 bridgehead atoms. The van der Waals surface area contributed by atoms with E-state index in [0.717, 1.165) is 43.9 Å². The van der Waals surface area contributed by atoms with Crippen LogP contribution < -0.4 is 15.8 Å². The van der Waals surface area contributed by atoms with Gasteiger partial charge < -0.3 is 20.5 Å². The van der Waals surface area contributed by atoms with E-state index in [9.17, 15) is 0 Å². The summed E-state index contributed by atoms with van der Waals surface area (Å²) in [4.78, 5) is 0. The maximum Gasteiger partial charge on any atom is 0.144 e. The van der Waals surface area contributed by atoms with E-state index in [1.807, 2.05) is 18.2 Å². The molecule has 19 heavy (non-hydrogen) atoms. The molecule has 0 spiro atoms. The molecule has 0 aromatic heterocycles. The molecule has 1 aliphatic heterocycles. The molecule has 1 heterocycles. The second-order valence-electron chi connectivity index (χ2n) is 5.36. The van der Waals surface area contributed by atoms with E-state index in [4.69, 9.17) is 15.2 Å². The van der Waals surface area contributed by atoms with Crippen LogP contribution in [0.25, 0.3) is 0 Å². The van der Waals surface area contributed by atoms with Crippen LogP contribution in [-0.4, -0.2) is 25.4 Å². The summed E-state index contributed by atoms with van der Waals surface area (Å²) in [6.07, 6.45) is 3.22. The number of rotatable bonds is 6. The number of benzene rings is 1. The molecule has 1 atom stereocenters. The Morgan fingerprint density at radius 2 is 2.32 bits per heavy atom. The molecule has 1 saturated heterocycles. The van der Waals surface area contributed by atoms with Gasteiger partial charge in [0.15, 0.2) is 0 Å². The number of ether oxygens (including phenoxy) is 2. The van der Waals surface area contributed by atoms with Crippen LogP contribution in [0.2, 0.25) is 0 Å². The van der Waals surface area contributed by atoms with Gasteiger partial charge in [-0.1, -0.05) is 6.92 Å². The fourth-order valence-electron chi connectivity index (χ4n) is 2.25. The van der Waals surface area contributed by atoms with Crippen LogP contribution in [0.5, 0.6) is 5.75 Å². The van der Waals surface area contributed by atoms with E-state index in [1.165, 1.54) is 0 Å². The average Bonchev–Trinajstić information content (AvgIpc) is 2.84. The fraction of sp³-hybridized carbons (Fsp3) is 0.600. The quantitative estimate of drug-likeness (QED) is 0.775. The number of nitrogen functional groups attached to an aromatic ring is 1. The Balaban J connectivity index is 1.96. The standard InChI is InChI=1S/C15H24N2O2/c1-3-8-18-14-10-12(5-6-13(14)16)17-11-15(2)7-4-9-19-15/h5-6,10,17H,3-4,7-9,11,16H2,1-2H3. The van der Waals surface area contributed by atoms with Crippen LogP contribution in [0.4, 0.5) is 11.4 Å². The molecule has 1 aromatic carbocycles. The van der Waals surface area contributed by atoms with Gasteiger partial charge in [0.25, 0.3) is 0 Å². The molecule has 0 amide bonds. The Labute approximate surface area is 115 Å². The molecule has 0 radical (unpaired) electrons. The van der Waals surface area contributed by atoms with Crippen LogP contribution in [0, 0.1) is 0 Å². The molecule has 2 rings (SSSR count). The van der Waals surface area contributed by atoms with E-state index >= 15 is 0 Å². The lowest BCUT2D eigenvalue weighted by Crippen LogP contribution is -2.32. The van der Waals surface area contributed by atoms with Crippen molar-refractivity contribution in [2.75, 3.05) is 30.8 Å². The van der Waals surface area contributed by atoms with Crippen molar-refractivity contribution in [1.82, 2.24) is 0 Å². The second kappa shape index (κ2) is 6.15. The maximum atomic E-state index is 5.90. The van der Waals surface area contributed by atoms with Crippen LogP contribution in [-0.2, 0) is 4.74 Å². The molecule has 4 nitrogen and oxygen atoms in total. The third kappa shape index (κ3) is 3.77. The third-order valence-electron chi connectivity index (χ3n) is 3.44. The van der Waals surface area contributed by atoms with E-state index in [1.54, 1.807) is 0 Å². The van der Waals surface area contributed by atoms with Crippen LogP contribution in [0.3, 0.4) is 0 Å². The number of hydrogen-bond acceptors (Lipinski definition) is 4. The summed E-state index contributed by atoms with van der Waals surface area (Å²) in [5, 5.41) is 3.41. The van der Waals surface area contributed by atoms with Gasteiger partial charge in [-0.2, -0.15) is 0 Å². The van der Waals surface area contributed by atoms with Gasteiger partial charge in [0.05, 0.1) is 17.9 Å². The molecule has 106 valence electrons. The molecule has 1 unspecified atom stereocenters. The highest BCUT2D eigenvalue weighted by Gasteiger charge is 2.29. The minimum Gasteiger partial charge on any atom is -0.491 e. The molecule has 0 saturated carbocycles. The summed E-state index contributed by atoms with van der Waals surface area (Å²) in [7, 11) is 0. The first kappa shape index (κ1) is 14.0. The van der Waals surface area contributed by atoms with E-state index in [-0.39, 0.29) is 5.60 Å². The molecule has 0 aliphatic carbocycles. The molecule has 1 aromatic rings. The zero-order valence-electron chi connectivity index (χ0n) is 11.9. The van der Waals surface area contributed by atoms with Crippen molar-refractivity contribution >= 4 is 11.4 Å². The van der Waals surface area contributed by atoms with Gasteiger partial charge in [0, 0.05) is 24.9 Å². The van der Waals surface area contributed by atoms with Gasteiger partial charge >= 0.3 is 0 Å². The second-order valence-corrected chi connectivity index (χ2v) is 5.36. The van der Waals surface area contributed by atoms with Crippen molar-refractivity contribution in [2.45, 2.75) is 38.7 Å². The lowest BCUT2D eigenvalue weighted by atomic mass is 10.0. The topological polar surface area (TPSA) is 56.5 Å². The Bertz CT molecular complexity index is 415. The Morgan fingerprint density at radius 1 is 1.47 bits per heavy atom. The van der Waals surface area contributed by atoms with Crippen molar-refractivity contribution in [2.24, 2.45) is 0 Å². The molecule has 4 heteroatoms. The first-order valence-corrected chi connectivity index (χ1v) is 7.03. The summed E-state index contributed by atoms with van der Waals surface area (Å²) in [5.74, 6) is 0.754. The average molecular weight is 264 g/mol. The highest BCUT2D eigenvalue weighted by atomic mass is 16.5. The lowest BCUT2D eigenvalue weighted by molar-refractivity contribution is 0.0315. The number of nitrogens with two attached hydrogens (primary N) is 1. The Morgan fingerprint density at radius 3 is 3.00 bits per heavy atom. The Kier molecular flexibility index (Phi) is 4.53. The minimum atomic E-state index is -0.0498. The predicted molar refractivity (Wildman–Crippen MR) is 78.7 cm³/mol. The first-order valence-electron chi connectivity index (χ1n) is 7.03. The fourth-order valence-corrected chi connectivity index (χ4v) is 2.25. The summed E-state index contributed by atoms with van der Waals surface area (Å²) < 4.78 is 11.4. The Hall–Kier alpha value is -1.42. The lowest BCUT2D eigenvalue weighted by Gasteiger charge is -2.24. The van der Waals surface area contributed by atoms with Gasteiger partial charge in [-0.05, 0) is 38.3 Å².